The zero-order valence-electron chi connectivity index (χ0n) is 15.0. The van der Waals surface area contributed by atoms with Crippen LogP contribution in [0.5, 0.6) is 0 Å². The van der Waals surface area contributed by atoms with E-state index in [-0.39, 0.29) is 18.1 Å². The molecule has 27 heavy (non-hydrogen) atoms. The number of thioether (sulfide) groups is 1. The fourth-order valence-electron chi connectivity index (χ4n) is 3.23. The van der Waals surface area contributed by atoms with Crippen LogP contribution < -0.4 is 0 Å². The number of furan rings is 1. The first-order valence-corrected chi connectivity index (χ1v) is 9.97. The third-order valence-electron chi connectivity index (χ3n) is 4.34. The predicted octanol–water partition coefficient (Wildman–Crippen LogP) is 4.68. The molecule has 0 aliphatic carbocycles. The van der Waals surface area contributed by atoms with Crippen molar-refractivity contribution in [3.63, 3.8) is 0 Å². The van der Waals surface area contributed by atoms with E-state index in [1.807, 2.05) is 50.2 Å². The average molecular weight is 403 g/mol. The topological polar surface area (TPSA) is 55.0 Å². The highest BCUT2D eigenvalue weighted by Gasteiger charge is 2.31. The SMILES string of the molecule is C[C@@H]1CN(C2=NC(=O)/C(=C/c3ccc(-c4ccccc4Cl)o3)S2)C[C@H](C)O1. The minimum Gasteiger partial charge on any atom is -0.457 e. The van der Waals surface area contributed by atoms with Gasteiger partial charge in [0, 0.05) is 24.7 Å². The summed E-state index contributed by atoms with van der Waals surface area (Å²) < 4.78 is 11.6. The molecule has 1 saturated heterocycles. The summed E-state index contributed by atoms with van der Waals surface area (Å²) >= 11 is 7.60. The van der Waals surface area contributed by atoms with Gasteiger partial charge in [-0.25, -0.2) is 0 Å². The molecule has 0 unspecified atom stereocenters. The molecule has 1 fully saturated rings. The smallest absolute Gasteiger partial charge is 0.286 e. The van der Waals surface area contributed by atoms with E-state index in [1.165, 1.54) is 11.8 Å². The van der Waals surface area contributed by atoms with Crippen molar-refractivity contribution >= 4 is 40.5 Å². The number of ether oxygens (including phenoxy) is 1. The van der Waals surface area contributed by atoms with Gasteiger partial charge in [-0.3, -0.25) is 4.79 Å². The van der Waals surface area contributed by atoms with Gasteiger partial charge in [-0.1, -0.05) is 23.7 Å². The van der Waals surface area contributed by atoms with Crippen molar-refractivity contribution in [2.75, 3.05) is 13.1 Å². The number of nitrogens with zero attached hydrogens (tertiary/aromatic N) is 2. The van der Waals surface area contributed by atoms with E-state index in [0.717, 1.165) is 23.8 Å². The van der Waals surface area contributed by atoms with Gasteiger partial charge in [0.2, 0.25) is 0 Å². The zero-order valence-corrected chi connectivity index (χ0v) is 16.6. The molecule has 2 aliphatic rings. The van der Waals surface area contributed by atoms with Gasteiger partial charge in [-0.15, -0.1) is 0 Å². The molecular weight excluding hydrogens is 384 g/mol. The van der Waals surface area contributed by atoms with Crippen molar-refractivity contribution in [3.8, 4) is 11.3 Å². The van der Waals surface area contributed by atoms with Crippen molar-refractivity contribution in [1.82, 2.24) is 4.90 Å². The number of halogens is 1. The number of rotatable bonds is 2. The maximum atomic E-state index is 12.3. The predicted molar refractivity (Wildman–Crippen MR) is 109 cm³/mol. The quantitative estimate of drug-likeness (QED) is 0.682. The first-order chi connectivity index (χ1) is 13.0. The van der Waals surface area contributed by atoms with E-state index in [9.17, 15) is 4.79 Å². The zero-order chi connectivity index (χ0) is 19.0. The molecule has 1 aromatic carbocycles. The second-order valence-corrected chi connectivity index (χ2v) is 8.07. The fourth-order valence-corrected chi connectivity index (χ4v) is 4.37. The maximum Gasteiger partial charge on any atom is 0.286 e. The summed E-state index contributed by atoms with van der Waals surface area (Å²) in [5, 5.41) is 1.35. The lowest BCUT2D eigenvalue weighted by Crippen LogP contribution is -2.47. The van der Waals surface area contributed by atoms with E-state index >= 15 is 0 Å². The first-order valence-electron chi connectivity index (χ1n) is 8.77. The molecule has 0 bridgehead atoms. The van der Waals surface area contributed by atoms with Gasteiger partial charge in [0.1, 0.15) is 11.5 Å². The summed E-state index contributed by atoms with van der Waals surface area (Å²) in [5.74, 6) is 1.03. The van der Waals surface area contributed by atoms with Crippen LogP contribution in [0.3, 0.4) is 0 Å². The number of amides is 1. The lowest BCUT2D eigenvalue weighted by Gasteiger charge is -2.35. The normalized spacial score (nSPS) is 24.6. The van der Waals surface area contributed by atoms with Crippen LogP contribution in [-0.4, -0.2) is 41.3 Å². The first kappa shape index (κ1) is 18.3. The fraction of sp³-hybridized carbons (Fsp3) is 0.300. The molecule has 4 rings (SSSR count). The second kappa shape index (κ2) is 7.54. The van der Waals surface area contributed by atoms with Crippen LogP contribution in [0, 0.1) is 0 Å². The van der Waals surface area contributed by atoms with Gasteiger partial charge >= 0.3 is 0 Å². The number of morpholine rings is 1. The standard InChI is InChI=1S/C20H19ClN2O3S/c1-12-10-23(11-13(2)25-12)20-22-19(24)18(27-20)9-14-7-8-17(26-14)15-5-3-4-6-16(15)21/h3-9,12-13H,10-11H2,1-2H3/b18-9-/t12-,13+. The molecule has 5 nitrogen and oxygen atoms in total. The molecule has 0 N–H and O–H groups in total. The number of aliphatic imine (C=N–C) groups is 1. The van der Waals surface area contributed by atoms with Crippen LogP contribution in [0.25, 0.3) is 17.4 Å². The van der Waals surface area contributed by atoms with E-state index in [0.29, 0.717) is 21.4 Å². The minimum atomic E-state index is -0.238. The summed E-state index contributed by atoms with van der Waals surface area (Å²) in [6, 6.07) is 11.2. The van der Waals surface area contributed by atoms with Gasteiger partial charge < -0.3 is 14.1 Å². The van der Waals surface area contributed by atoms with Crippen LogP contribution in [0.2, 0.25) is 5.02 Å². The van der Waals surface area contributed by atoms with Crippen molar-refractivity contribution < 1.29 is 13.9 Å². The van der Waals surface area contributed by atoms with E-state index < -0.39 is 0 Å². The summed E-state index contributed by atoms with van der Waals surface area (Å²) in [6.07, 6.45) is 1.96. The summed E-state index contributed by atoms with van der Waals surface area (Å²) in [6.45, 7) is 5.52. The van der Waals surface area contributed by atoms with Crippen LogP contribution in [-0.2, 0) is 9.53 Å². The second-order valence-electron chi connectivity index (χ2n) is 6.65. The molecule has 0 radical (unpaired) electrons. The molecule has 3 heterocycles. The molecule has 2 atom stereocenters. The van der Waals surface area contributed by atoms with Crippen LogP contribution >= 0.6 is 23.4 Å². The van der Waals surface area contributed by atoms with Crippen molar-refractivity contribution in [3.05, 3.63) is 52.1 Å². The maximum absolute atomic E-state index is 12.3. The Morgan fingerprint density at radius 3 is 2.67 bits per heavy atom. The van der Waals surface area contributed by atoms with Crippen LogP contribution in [0.15, 0.2) is 50.7 Å². The molecule has 7 heteroatoms. The van der Waals surface area contributed by atoms with Crippen molar-refractivity contribution in [2.45, 2.75) is 26.1 Å². The summed E-state index contributed by atoms with van der Waals surface area (Å²) in [7, 11) is 0. The van der Waals surface area contributed by atoms with Crippen LogP contribution in [0.1, 0.15) is 19.6 Å². The largest absolute Gasteiger partial charge is 0.457 e. The molecule has 0 spiro atoms. The Morgan fingerprint density at radius 2 is 1.93 bits per heavy atom. The molecule has 140 valence electrons. The minimum absolute atomic E-state index is 0.114. The molecule has 2 aromatic rings. The third kappa shape index (κ3) is 3.98. The van der Waals surface area contributed by atoms with Crippen molar-refractivity contribution in [2.24, 2.45) is 4.99 Å². The lowest BCUT2D eigenvalue weighted by atomic mass is 10.2. The van der Waals surface area contributed by atoms with Gasteiger partial charge in [-0.2, -0.15) is 4.99 Å². The van der Waals surface area contributed by atoms with Gasteiger partial charge in [-0.05, 0) is 49.9 Å². The van der Waals surface area contributed by atoms with E-state index in [1.54, 1.807) is 6.08 Å². The monoisotopic (exact) mass is 402 g/mol. The Balaban J connectivity index is 1.51. The number of hydrogen-bond donors (Lipinski definition) is 0. The Morgan fingerprint density at radius 1 is 1.19 bits per heavy atom. The highest BCUT2D eigenvalue weighted by molar-refractivity contribution is 8.18. The molecule has 0 saturated carbocycles. The van der Waals surface area contributed by atoms with Crippen molar-refractivity contribution in [1.29, 1.82) is 0 Å². The number of carbonyl (C=O) groups is 1. The van der Waals surface area contributed by atoms with E-state index in [4.69, 9.17) is 20.8 Å². The van der Waals surface area contributed by atoms with Gasteiger partial charge in [0.15, 0.2) is 5.17 Å². The Labute approximate surface area is 167 Å². The highest BCUT2D eigenvalue weighted by atomic mass is 35.5. The third-order valence-corrected chi connectivity index (χ3v) is 5.71. The number of benzene rings is 1. The number of amidine groups is 1. The number of hydrogen-bond acceptors (Lipinski definition) is 5. The Bertz CT molecular complexity index is 927. The summed E-state index contributed by atoms with van der Waals surface area (Å²) in [5.41, 5.74) is 0.822. The lowest BCUT2D eigenvalue weighted by molar-refractivity contribution is -0.113. The Kier molecular flexibility index (Phi) is 5.12. The van der Waals surface area contributed by atoms with Gasteiger partial charge in [0.05, 0.1) is 22.1 Å². The molecular formula is C20H19ClN2O3S. The molecule has 2 aliphatic heterocycles. The van der Waals surface area contributed by atoms with E-state index in [2.05, 4.69) is 9.89 Å². The van der Waals surface area contributed by atoms with Crippen LogP contribution in [0.4, 0.5) is 0 Å². The highest BCUT2D eigenvalue weighted by Crippen LogP contribution is 2.34. The summed E-state index contributed by atoms with van der Waals surface area (Å²) in [4.78, 5) is 19.2. The van der Waals surface area contributed by atoms with Gasteiger partial charge in [0.25, 0.3) is 5.91 Å². The average Bonchev–Trinajstić information content (AvgIpc) is 3.22. The number of carbonyl (C=O) groups excluding carboxylic acids is 1. The molecule has 1 amide bonds. The molecule has 1 aromatic heterocycles. The Hall–Kier alpha value is -2.02.